The van der Waals surface area contributed by atoms with E-state index >= 15 is 0 Å². The van der Waals surface area contributed by atoms with Crippen molar-refractivity contribution in [2.24, 2.45) is 11.8 Å². The molecule has 8 heteroatoms. The summed E-state index contributed by atoms with van der Waals surface area (Å²) in [5.41, 5.74) is 6.22. The van der Waals surface area contributed by atoms with Crippen molar-refractivity contribution < 1.29 is 19.1 Å². The fraction of sp³-hybridized carbons (Fsp3) is 0.737. The number of anilines is 1. The van der Waals surface area contributed by atoms with Gasteiger partial charge in [-0.15, -0.1) is 0 Å². The first-order valence-corrected chi connectivity index (χ1v) is 9.61. The van der Waals surface area contributed by atoms with Gasteiger partial charge >= 0.3 is 12.1 Å². The lowest BCUT2D eigenvalue weighted by molar-refractivity contribution is -0.139. The number of esters is 1. The average molecular weight is 378 g/mol. The summed E-state index contributed by atoms with van der Waals surface area (Å²) in [7, 11) is 0. The first-order valence-electron chi connectivity index (χ1n) is 9.61. The van der Waals surface area contributed by atoms with E-state index in [9.17, 15) is 9.59 Å². The van der Waals surface area contributed by atoms with Gasteiger partial charge in [-0.25, -0.2) is 9.48 Å². The maximum absolute atomic E-state index is 12.8. The number of carbonyl (C=O) groups excluding carboxylic acids is 2. The van der Waals surface area contributed by atoms with Crippen molar-refractivity contribution in [3.8, 4) is 5.75 Å². The van der Waals surface area contributed by atoms with Crippen LogP contribution in [0, 0.1) is 18.8 Å². The Bertz CT molecular complexity index is 733. The van der Waals surface area contributed by atoms with E-state index in [4.69, 9.17) is 15.2 Å². The third-order valence-corrected chi connectivity index (χ3v) is 5.26. The van der Waals surface area contributed by atoms with Crippen LogP contribution in [0.15, 0.2) is 0 Å². The Morgan fingerprint density at radius 3 is 2.44 bits per heavy atom. The molecular formula is C19H30N4O4. The molecule has 2 atom stereocenters. The van der Waals surface area contributed by atoms with E-state index in [1.54, 1.807) is 16.5 Å². The molecule has 0 radical (unpaired) electrons. The van der Waals surface area contributed by atoms with Crippen molar-refractivity contribution in [2.75, 3.05) is 18.8 Å². The quantitative estimate of drug-likeness (QED) is 0.812. The highest BCUT2D eigenvalue weighted by Crippen LogP contribution is 2.38. The molecule has 0 bridgehead atoms. The van der Waals surface area contributed by atoms with E-state index < -0.39 is 17.6 Å². The molecule has 1 aromatic rings. The largest absolute Gasteiger partial charge is 0.444 e. The smallest absolute Gasteiger partial charge is 0.410 e. The molecule has 1 aliphatic heterocycles. The molecule has 2 N–H and O–H groups in total. The van der Waals surface area contributed by atoms with Gasteiger partial charge in [-0.2, -0.15) is 5.10 Å². The lowest BCUT2D eigenvalue weighted by Crippen LogP contribution is -2.36. The molecule has 8 nitrogen and oxygen atoms in total. The molecule has 3 rings (SSSR count). The van der Waals surface area contributed by atoms with E-state index in [2.05, 4.69) is 5.10 Å². The number of nitrogens with two attached hydrogens (primary N) is 1. The zero-order valence-electron chi connectivity index (χ0n) is 16.8. The van der Waals surface area contributed by atoms with Gasteiger partial charge in [0.2, 0.25) is 0 Å². The van der Waals surface area contributed by atoms with Crippen LogP contribution in [-0.2, 0) is 9.53 Å². The minimum absolute atomic E-state index is 0.0202. The van der Waals surface area contributed by atoms with Crippen molar-refractivity contribution in [3.63, 3.8) is 0 Å². The van der Waals surface area contributed by atoms with Gasteiger partial charge in [-0.05, 0) is 52.9 Å². The molecule has 1 unspecified atom stereocenters. The van der Waals surface area contributed by atoms with Crippen LogP contribution in [0.1, 0.15) is 58.7 Å². The lowest BCUT2D eigenvalue weighted by atomic mass is 9.93. The Labute approximate surface area is 160 Å². The van der Waals surface area contributed by atoms with Crippen molar-refractivity contribution in [1.29, 1.82) is 0 Å². The minimum Gasteiger partial charge on any atom is -0.444 e. The van der Waals surface area contributed by atoms with Crippen molar-refractivity contribution in [3.05, 3.63) is 5.69 Å². The first kappa shape index (κ1) is 19.5. The average Bonchev–Trinajstić information content (AvgIpc) is 3.00. The highest BCUT2D eigenvalue weighted by atomic mass is 16.6. The Hall–Kier alpha value is -2.25. The van der Waals surface area contributed by atoms with Gasteiger partial charge in [0.1, 0.15) is 11.3 Å². The van der Waals surface area contributed by atoms with E-state index in [1.807, 2.05) is 27.7 Å². The van der Waals surface area contributed by atoms with Crippen LogP contribution in [0.25, 0.3) is 0 Å². The second-order valence-corrected chi connectivity index (χ2v) is 8.72. The number of amides is 1. The maximum atomic E-state index is 12.8. The number of ether oxygens (including phenoxy) is 2. The van der Waals surface area contributed by atoms with Gasteiger partial charge in [0, 0.05) is 13.1 Å². The minimum atomic E-state index is -0.569. The Morgan fingerprint density at radius 2 is 1.89 bits per heavy atom. The molecule has 2 aliphatic rings. The first-order chi connectivity index (χ1) is 12.6. The molecular weight excluding hydrogens is 348 g/mol. The predicted octanol–water partition coefficient (Wildman–Crippen LogP) is 2.91. The van der Waals surface area contributed by atoms with Gasteiger partial charge in [0.05, 0.1) is 12.0 Å². The summed E-state index contributed by atoms with van der Waals surface area (Å²) in [4.78, 5) is 26.6. The zero-order chi connectivity index (χ0) is 19.9. The van der Waals surface area contributed by atoms with Crippen molar-refractivity contribution in [1.82, 2.24) is 14.7 Å². The van der Waals surface area contributed by atoms with Crippen LogP contribution < -0.4 is 10.5 Å². The fourth-order valence-corrected chi connectivity index (χ4v) is 3.51. The van der Waals surface area contributed by atoms with Crippen LogP contribution >= 0.6 is 0 Å². The molecule has 0 spiro atoms. The Kier molecular flexibility index (Phi) is 5.10. The fourth-order valence-electron chi connectivity index (χ4n) is 3.51. The molecule has 1 saturated carbocycles. The predicted molar refractivity (Wildman–Crippen MR) is 100 cm³/mol. The Morgan fingerprint density at radius 1 is 1.22 bits per heavy atom. The molecule has 2 heterocycles. The van der Waals surface area contributed by atoms with E-state index in [0.717, 1.165) is 19.3 Å². The van der Waals surface area contributed by atoms with Gasteiger partial charge in [0.15, 0.2) is 11.6 Å². The second-order valence-electron chi connectivity index (χ2n) is 8.72. The summed E-state index contributed by atoms with van der Waals surface area (Å²) in [5.74, 6) is -0.0665. The number of hydrogen-bond donors (Lipinski definition) is 1. The van der Waals surface area contributed by atoms with E-state index in [-0.39, 0.29) is 18.4 Å². The van der Waals surface area contributed by atoms with Gasteiger partial charge in [-0.1, -0.05) is 6.92 Å². The molecule has 0 aromatic carbocycles. The summed E-state index contributed by atoms with van der Waals surface area (Å²) in [6.45, 7) is 9.93. The number of nitrogens with zero attached hydrogens (tertiary/aromatic N) is 3. The monoisotopic (exact) mass is 378 g/mol. The van der Waals surface area contributed by atoms with Gasteiger partial charge < -0.3 is 20.1 Å². The third-order valence-electron chi connectivity index (χ3n) is 5.26. The number of nitrogen functional groups attached to an aromatic ring is 1. The highest BCUT2D eigenvalue weighted by molar-refractivity contribution is 5.79. The molecule has 27 heavy (non-hydrogen) atoms. The zero-order valence-corrected chi connectivity index (χ0v) is 16.8. The van der Waals surface area contributed by atoms with Crippen LogP contribution in [0.4, 0.5) is 10.6 Å². The van der Waals surface area contributed by atoms with Crippen LogP contribution in [0.2, 0.25) is 0 Å². The SMILES string of the molecule is Cc1nn(C2CCC2)c(N)c1OC(=O)C1CN(C(=O)OC(C)(C)C)C[C@H]1C. The van der Waals surface area contributed by atoms with E-state index in [1.165, 1.54) is 0 Å². The number of carbonyl (C=O) groups is 2. The summed E-state index contributed by atoms with van der Waals surface area (Å²) in [6.07, 6.45) is 2.85. The third kappa shape index (κ3) is 4.04. The molecule has 1 aliphatic carbocycles. The normalized spacial score (nSPS) is 23.2. The number of rotatable bonds is 3. The molecule has 1 aromatic heterocycles. The standard InChI is InChI=1S/C19H30N4O4/c1-11-9-22(18(25)27-19(3,4)5)10-14(11)17(24)26-15-12(2)21-23(16(15)20)13-7-6-8-13/h11,13-14H,6-10,20H2,1-5H3/t11-,14?/m1/s1. The van der Waals surface area contributed by atoms with Crippen LogP contribution in [0.5, 0.6) is 5.75 Å². The number of aromatic nitrogens is 2. The number of likely N-dealkylation sites (tertiary alicyclic amines) is 1. The van der Waals surface area contributed by atoms with E-state index in [0.29, 0.717) is 29.8 Å². The summed E-state index contributed by atoms with van der Waals surface area (Å²) in [6, 6.07) is 0.296. The number of hydrogen-bond acceptors (Lipinski definition) is 6. The van der Waals surface area contributed by atoms with Crippen molar-refractivity contribution >= 4 is 17.9 Å². The van der Waals surface area contributed by atoms with Gasteiger partial charge in [-0.3, -0.25) is 4.79 Å². The van der Waals surface area contributed by atoms with Crippen LogP contribution in [-0.4, -0.2) is 45.4 Å². The topological polar surface area (TPSA) is 99.7 Å². The molecule has 1 amide bonds. The highest BCUT2D eigenvalue weighted by Gasteiger charge is 2.40. The summed E-state index contributed by atoms with van der Waals surface area (Å²) < 4.78 is 12.8. The van der Waals surface area contributed by atoms with Crippen LogP contribution in [0.3, 0.4) is 0 Å². The number of aryl methyl sites for hydroxylation is 1. The Balaban J connectivity index is 1.66. The summed E-state index contributed by atoms with van der Waals surface area (Å²) in [5, 5.41) is 4.44. The van der Waals surface area contributed by atoms with Crippen molar-refractivity contribution in [2.45, 2.75) is 65.5 Å². The van der Waals surface area contributed by atoms with Gasteiger partial charge in [0.25, 0.3) is 0 Å². The molecule has 1 saturated heterocycles. The molecule has 2 fully saturated rings. The lowest BCUT2D eigenvalue weighted by Gasteiger charge is -2.26. The maximum Gasteiger partial charge on any atom is 0.410 e. The molecule has 150 valence electrons. The second kappa shape index (κ2) is 7.05. The summed E-state index contributed by atoms with van der Waals surface area (Å²) >= 11 is 0.